The van der Waals surface area contributed by atoms with Crippen LogP contribution in [-0.4, -0.2) is 43.1 Å². The molecule has 1 aromatic rings. The lowest BCUT2D eigenvalue weighted by Crippen LogP contribution is -2.46. The molecule has 1 saturated carbocycles. The van der Waals surface area contributed by atoms with Crippen LogP contribution in [0.3, 0.4) is 0 Å². The van der Waals surface area contributed by atoms with E-state index in [1.165, 1.54) is 31.2 Å². The molecule has 1 aliphatic carbocycles. The molecular weight excluding hydrogens is 312 g/mol. The van der Waals surface area contributed by atoms with E-state index in [0.717, 1.165) is 38.3 Å². The highest BCUT2D eigenvalue weighted by atomic mass is 35.5. The Morgan fingerprint density at radius 2 is 1.96 bits per heavy atom. The standard InChI is InChI=1S/C18H26N2O2.ClH/c21-18(20-12-10-19-11-13-20)9-8-15-4-3-7-17(14-15)22-16-5-1-2-6-16;/h3-4,7,14,16,19H,1-2,5-6,8-13H2;1H. The van der Waals surface area contributed by atoms with Gasteiger partial charge in [0.15, 0.2) is 0 Å². The van der Waals surface area contributed by atoms with Crippen molar-refractivity contribution in [3.8, 4) is 5.75 Å². The molecule has 5 heteroatoms. The summed E-state index contributed by atoms with van der Waals surface area (Å²) in [5, 5.41) is 3.27. The first-order valence-electron chi connectivity index (χ1n) is 8.55. The number of hydrogen-bond acceptors (Lipinski definition) is 3. The maximum Gasteiger partial charge on any atom is 0.222 e. The Morgan fingerprint density at radius 3 is 2.70 bits per heavy atom. The first-order chi connectivity index (χ1) is 10.8. The number of halogens is 1. The van der Waals surface area contributed by atoms with Gasteiger partial charge in [-0.15, -0.1) is 12.4 Å². The van der Waals surface area contributed by atoms with Gasteiger partial charge in [0.05, 0.1) is 6.10 Å². The number of hydrogen-bond donors (Lipinski definition) is 1. The monoisotopic (exact) mass is 338 g/mol. The van der Waals surface area contributed by atoms with Crippen LogP contribution in [-0.2, 0) is 11.2 Å². The fraction of sp³-hybridized carbons (Fsp3) is 0.611. The maximum absolute atomic E-state index is 12.2. The summed E-state index contributed by atoms with van der Waals surface area (Å²) in [6.45, 7) is 3.50. The number of nitrogens with zero attached hydrogens (tertiary/aromatic N) is 1. The lowest BCUT2D eigenvalue weighted by atomic mass is 10.1. The summed E-state index contributed by atoms with van der Waals surface area (Å²) in [6, 6.07) is 8.25. The normalized spacial score (nSPS) is 18.5. The summed E-state index contributed by atoms with van der Waals surface area (Å²) in [6.07, 6.45) is 6.68. The topological polar surface area (TPSA) is 41.6 Å². The molecule has 1 N–H and O–H groups in total. The fourth-order valence-electron chi connectivity index (χ4n) is 3.30. The lowest BCUT2D eigenvalue weighted by molar-refractivity contribution is -0.131. The summed E-state index contributed by atoms with van der Waals surface area (Å²) in [7, 11) is 0. The predicted octanol–water partition coefficient (Wildman–Crippen LogP) is 2.79. The van der Waals surface area contributed by atoms with Crippen molar-refractivity contribution in [3.05, 3.63) is 29.8 Å². The average Bonchev–Trinajstić information content (AvgIpc) is 3.07. The smallest absolute Gasteiger partial charge is 0.222 e. The van der Waals surface area contributed by atoms with E-state index in [0.29, 0.717) is 12.5 Å². The third-order valence-electron chi connectivity index (χ3n) is 4.60. The summed E-state index contributed by atoms with van der Waals surface area (Å²) in [4.78, 5) is 14.2. The number of rotatable bonds is 5. The predicted molar refractivity (Wildman–Crippen MR) is 94.3 cm³/mol. The van der Waals surface area contributed by atoms with E-state index in [4.69, 9.17) is 4.74 Å². The Balaban J connectivity index is 0.00000192. The molecule has 2 fully saturated rings. The van der Waals surface area contributed by atoms with Crippen LogP contribution in [0.2, 0.25) is 0 Å². The van der Waals surface area contributed by atoms with Crippen LogP contribution in [0.15, 0.2) is 24.3 Å². The molecule has 0 spiro atoms. The third-order valence-corrected chi connectivity index (χ3v) is 4.60. The minimum absolute atomic E-state index is 0. The molecule has 1 saturated heterocycles. The van der Waals surface area contributed by atoms with Crippen molar-refractivity contribution in [2.75, 3.05) is 26.2 Å². The molecule has 2 aliphatic rings. The molecule has 128 valence electrons. The molecule has 4 nitrogen and oxygen atoms in total. The molecule has 0 aromatic heterocycles. The SMILES string of the molecule is Cl.O=C(CCc1cccc(OC2CCCC2)c1)N1CCNCC1. The van der Waals surface area contributed by atoms with Crippen LogP contribution < -0.4 is 10.1 Å². The largest absolute Gasteiger partial charge is 0.490 e. The second-order valence-electron chi connectivity index (χ2n) is 6.30. The van der Waals surface area contributed by atoms with Crippen LogP contribution in [0.4, 0.5) is 0 Å². The lowest BCUT2D eigenvalue weighted by Gasteiger charge is -2.27. The number of nitrogens with one attached hydrogen (secondary N) is 1. The van der Waals surface area contributed by atoms with Gasteiger partial charge in [0, 0.05) is 32.6 Å². The molecule has 0 atom stereocenters. The Labute approximate surface area is 145 Å². The number of aryl methyl sites for hydroxylation is 1. The molecule has 0 unspecified atom stereocenters. The van der Waals surface area contributed by atoms with E-state index in [1.807, 2.05) is 17.0 Å². The Bertz CT molecular complexity index is 498. The van der Waals surface area contributed by atoms with Gasteiger partial charge in [0.25, 0.3) is 0 Å². The van der Waals surface area contributed by atoms with E-state index in [2.05, 4.69) is 17.4 Å². The van der Waals surface area contributed by atoms with Gasteiger partial charge in [-0.05, 0) is 49.8 Å². The second kappa shape index (κ2) is 9.14. The second-order valence-corrected chi connectivity index (χ2v) is 6.30. The number of benzene rings is 1. The van der Waals surface area contributed by atoms with Crippen LogP contribution in [0.1, 0.15) is 37.7 Å². The number of carbonyl (C=O) groups excluding carboxylic acids is 1. The van der Waals surface area contributed by atoms with Crippen molar-refractivity contribution >= 4 is 18.3 Å². The first-order valence-corrected chi connectivity index (χ1v) is 8.55. The highest BCUT2D eigenvalue weighted by Crippen LogP contribution is 2.24. The summed E-state index contributed by atoms with van der Waals surface area (Å²) < 4.78 is 6.04. The fourth-order valence-corrected chi connectivity index (χ4v) is 3.30. The van der Waals surface area contributed by atoms with Gasteiger partial charge >= 0.3 is 0 Å². The van der Waals surface area contributed by atoms with E-state index in [-0.39, 0.29) is 18.3 Å². The van der Waals surface area contributed by atoms with Crippen molar-refractivity contribution in [3.63, 3.8) is 0 Å². The van der Waals surface area contributed by atoms with Crippen molar-refractivity contribution in [2.24, 2.45) is 0 Å². The zero-order chi connectivity index (χ0) is 15.2. The van der Waals surface area contributed by atoms with Crippen LogP contribution >= 0.6 is 12.4 Å². The van der Waals surface area contributed by atoms with Gasteiger partial charge in [0.2, 0.25) is 5.91 Å². The van der Waals surface area contributed by atoms with Gasteiger partial charge in [-0.3, -0.25) is 4.79 Å². The van der Waals surface area contributed by atoms with Crippen LogP contribution in [0, 0.1) is 0 Å². The zero-order valence-corrected chi connectivity index (χ0v) is 14.4. The van der Waals surface area contributed by atoms with Crippen molar-refractivity contribution < 1.29 is 9.53 Å². The highest BCUT2D eigenvalue weighted by molar-refractivity contribution is 5.85. The van der Waals surface area contributed by atoms with Gasteiger partial charge in [0.1, 0.15) is 5.75 Å². The molecule has 1 amide bonds. The minimum atomic E-state index is 0. The summed E-state index contributed by atoms with van der Waals surface area (Å²) >= 11 is 0. The number of piperazine rings is 1. The van der Waals surface area contributed by atoms with Crippen molar-refractivity contribution in [1.29, 1.82) is 0 Å². The quantitative estimate of drug-likeness (QED) is 0.897. The molecule has 1 heterocycles. The molecule has 1 aliphatic heterocycles. The van der Waals surface area contributed by atoms with E-state index < -0.39 is 0 Å². The molecular formula is C18H27ClN2O2. The number of ether oxygens (including phenoxy) is 1. The van der Waals surface area contributed by atoms with Gasteiger partial charge in [-0.25, -0.2) is 0 Å². The molecule has 23 heavy (non-hydrogen) atoms. The van der Waals surface area contributed by atoms with E-state index in [1.54, 1.807) is 0 Å². The Kier molecular flexibility index (Phi) is 7.18. The van der Waals surface area contributed by atoms with Gasteiger partial charge in [-0.2, -0.15) is 0 Å². The van der Waals surface area contributed by atoms with Crippen LogP contribution in [0.25, 0.3) is 0 Å². The number of carbonyl (C=O) groups is 1. The Morgan fingerprint density at radius 1 is 1.22 bits per heavy atom. The average molecular weight is 339 g/mol. The molecule has 3 rings (SSSR count). The van der Waals surface area contributed by atoms with Crippen molar-refractivity contribution in [2.45, 2.75) is 44.6 Å². The summed E-state index contributed by atoms with van der Waals surface area (Å²) in [5.41, 5.74) is 1.19. The first kappa shape index (κ1) is 18.1. The zero-order valence-electron chi connectivity index (χ0n) is 13.6. The third kappa shape index (κ3) is 5.40. The molecule has 0 radical (unpaired) electrons. The van der Waals surface area contributed by atoms with Crippen molar-refractivity contribution in [1.82, 2.24) is 10.2 Å². The van der Waals surface area contributed by atoms with Crippen LogP contribution in [0.5, 0.6) is 5.75 Å². The highest BCUT2D eigenvalue weighted by Gasteiger charge is 2.17. The molecule has 0 bridgehead atoms. The Hall–Kier alpha value is -1.26. The molecule has 1 aromatic carbocycles. The van der Waals surface area contributed by atoms with Gasteiger partial charge < -0.3 is 15.0 Å². The summed E-state index contributed by atoms with van der Waals surface area (Å²) in [5.74, 6) is 1.22. The minimum Gasteiger partial charge on any atom is -0.490 e. The maximum atomic E-state index is 12.2. The van der Waals surface area contributed by atoms with E-state index >= 15 is 0 Å². The number of amides is 1. The van der Waals surface area contributed by atoms with E-state index in [9.17, 15) is 4.79 Å². The van der Waals surface area contributed by atoms with Gasteiger partial charge in [-0.1, -0.05) is 12.1 Å².